The third kappa shape index (κ3) is 1.19. The van der Waals surface area contributed by atoms with Crippen LogP contribution in [0.4, 0.5) is 11.4 Å². The average Bonchev–Trinajstić information content (AvgIpc) is 1.80. The van der Waals surface area contributed by atoms with Gasteiger partial charge in [-0.25, -0.2) is 0 Å². The van der Waals surface area contributed by atoms with Crippen LogP contribution in [0.15, 0.2) is 18.2 Å². The lowest BCUT2D eigenvalue weighted by atomic mass is 10.3. The number of aromatic hydroxyl groups is 1. The van der Waals surface area contributed by atoms with Crippen molar-refractivity contribution in [3.8, 4) is 5.75 Å². The molecule has 0 aliphatic heterocycles. The fourth-order valence-electron chi connectivity index (χ4n) is 0.639. The number of rotatable bonds is 0. The van der Waals surface area contributed by atoms with Crippen LogP contribution in [0.25, 0.3) is 0 Å². The summed E-state index contributed by atoms with van der Waals surface area (Å²) in [5, 5.41) is 8.95. The molecule has 1 aromatic carbocycles. The predicted octanol–water partition coefficient (Wildman–Crippen LogP) is -0.861. The summed E-state index contributed by atoms with van der Waals surface area (Å²) in [5.74, 6) is 0.224. The summed E-state index contributed by atoms with van der Waals surface area (Å²) in [5.41, 5.74) is 8.76. The molecule has 3 heteroatoms. The van der Waals surface area contributed by atoms with Gasteiger partial charge in [0.15, 0.2) is 11.4 Å². The third-order valence-electron chi connectivity index (χ3n) is 1.14. The van der Waals surface area contributed by atoms with Crippen molar-refractivity contribution in [3.63, 3.8) is 0 Å². The van der Waals surface area contributed by atoms with E-state index in [2.05, 4.69) is 11.5 Å². The van der Waals surface area contributed by atoms with E-state index in [4.69, 9.17) is 5.11 Å². The van der Waals surface area contributed by atoms with Gasteiger partial charge in [-0.15, -0.1) is 0 Å². The predicted molar refractivity (Wildman–Crippen MR) is 33.2 cm³/mol. The van der Waals surface area contributed by atoms with Crippen molar-refractivity contribution >= 4 is 11.4 Å². The van der Waals surface area contributed by atoms with Gasteiger partial charge in [-0.2, -0.15) is 0 Å². The minimum absolute atomic E-state index is 0.224. The highest BCUT2D eigenvalue weighted by Gasteiger charge is 1.99. The molecule has 0 spiro atoms. The average molecular weight is 126 g/mol. The van der Waals surface area contributed by atoms with Gasteiger partial charge in [0, 0.05) is 6.07 Å². The maximum atomic E-state index is 8.95. The van der Waals surface area contributed by atoms with E-state index in [9.17, 15) is 0 Å². The zero-order valence-electron chi connectivity index (χ0n) is 5.09. The molecule has 0 aromatic heterocycles. The first kappa shape index (κ1) is 6.07. The smallest absolute Gasteiger partial charge is 0.177 e. The minimum atomic E-state index is 0.224. The zero-order chi connectivity index (χ0) is 6.85. The molecule has 1 aromatic rings. The number of hydrogen-bond donors (Lipinski definition) is 3. The van der Waals surface area contributed by atoms with Gasteiger partial charge < -0.3 is 16.6 Å². The summed E-state index contributed by atoms with van der Waals surface area (Å²) >= 11 is 0. The molecule has 0 bridgehead atoms. The monoisotopic (exact) mass is 126 g/mol. The van der Waals surface area contributed by atoms with Crippen LogP contribution in [-0.2, 0) is 0 Å². The van der Waals surface area contributed by atoms with Gasteiger partial charge in [0.1, 0.15) is 5.69 Å². The van der Waals surface area contributed by atoms with Gasteiger partial charge in [-0.1, -0.05) is 0 Å². The first-order valence-electron chi connectivity index (χ1n) is 2.67. The Hall–Kier alpha value is -1.06. The molecule has 0 radical (unpaired) electrons. The van der Waals surface area contributed by atoms with Gasteiger partial charge in [0.2, 0.25) is 0 Å². The van der Waals surface area contributed by atoms with E-state index >= 15 is 0 Å². The van der Waals surface area contributed by atoms with Gasteiger partial charge in [-0.05, 0) is 6.07 Å². The lowest BCUT2D eigenvalue weighted by Crippen LogP contribution is -2.44. The molecule has 1 rings (SSSR count). The fourth-order valence-corrected chi connectivity index (χ4v) is 0.639. The lowest BCUT2D eigenvalue weighted by Gasteiger charge is -1.91. The van der Waals surface area contributed by atoms with Crippen LogP contribution in [0.1, 0.15) is 0 Å². The quantitative estimate of drug-likeness (QED) is 0.415. The molecule has 0 saturated heterocycles. The molecule has 0 amide bonds. The lowest BCUT2D eigenvalue weighted by molar-refractivity contribution is -0.266. The van der Waals surface area contributed by atoms with Gasteiger partial charge >= 0.3 is 0 Å². The van der Waals surface area contributed by atoms with E-state index < -0.39 is 0 Å². The Labute approximate surface area is 52.9 Å². The van der Waals surface area contributed by atoms with E-state index in [1.807, 2.05) is 0 Å². The molecule has 0 unspecified atom stereocenters. The standard InChI is InChI=1S/C6H8N2O/c7-4-1-2-6(9)5(8)3-4/h1-3,9H,7-8H2/p+2. The molecule has 0 heterocycles. The van der Waals surface area contributed by atoms with Gasteiger partial charge in [-0.3, -0.25) is 0 Å². The Morgan fingerprint density at radius 3 is 2.33 bits per heavy atom. The summed E-state index contributed by atoms with van der Waals surface area (Å²) in [6, 6.07) is 5.06. The molecule has 0 aliphatic rings. The zero-order valence-corrected chi connectivity index (χ0v) is 5.09. The van der Waals surface area contributed by atoms with E-state index in [1.165, 1.54) is 0 Å². The van der Waals surface area contributed by atoms with Crippen molar-refractivity contribution in [2.45, 2.75) is 0 Å². The SMILES string of the molecule is [NH3+]c1ccc(O)c([NH3+])c1. The van der Waals surface area contributed by atoms with Crippen LogP contribution in [0.2, 0.25) is 0 Å². The number of hydrogen-bond acceptors (Lipinski definition) is 1. The van der Waals surface area contributed by atoms with Crippen LogP contribution < -0.4 is 11.5 Å². The summed E-state index contributed by atoms with van der Waals surface area (Å²) in [6.45, 7) is 0. The summed E-state index contributed by atoms with van der Waals surface area (Å²) in [7, 11) is 0. The van der Waals surface area contributed by atoms with Crippen LogP contribution in [0.5, 0.6) is 5.75 Å². The molecule has 0 aliphatic carbocycles. The summed E-state index contributed by atoms with van der Waals surface area (Å²) < 4.78 is 0. The number of quaternary nitrogens is 2. The van der Waals surface area contributed by atoms with Crippen molar-refractivity contribution in [1.29, 1.82) is 0 Å². The Kier molecular flexibility index (Phi) is 1.38. The molecule has 0 atom stereocenters. The van der Waals surface area contributed by atoms with Crippen LogP contribution in [0, 0.1) is 0 Å². The van der Waals surface area contributed by atoms with Crippen molar-refractivity contribution in [3.05, 3.63) is 18.2 Å². The molecule has 0 fully saturated rings. The number of benzene rings is 1. The van der Waals surface area contributed by atoms with Gasteiger partial charge in [0.25, 0.3) is 0 Å². The van der Waals surface area contributed by atoms with Crippen molar-refractivity contribution < 1.29 is 16.6 Å². The Morgan fingerprint density at radius 2 is 1.89 bits per heavy atom. The van der Waals surface area contributed by atoms with E-state index in [-0.39, 0.29) is 5.75 Å². The first-order chi connectivity index (χ1) is 4.20. The maximum Gasteiger partial charge on any atom is 0.177 e. The van der Waals surface area contributed by atoms with E-state index in [0.29, 0.717) is 5.69 Å². The molecule has 7 N–H and O–H groups in total. The first-order valence-corrected chi connectivity index (χ1v) is 2.67. The Morgan fingerprint density at radius 1 is 1.22 bits per heavy atom. The molecular formula is C6H10N2O+2. The largest absolute Gasteiger partial charge is 0.503 e. The molecule has 3 nitrogen and oxygen atoms in total. The number of phenolic OH excluding ortho intramolecular Hbond substituents is 1. The highest BCUT2D eigenvalue weighted by atomic mass is 16.3. The fraction of sp³-hybridized carbons (Fsp3) is 0. The van der Waals surface area contributed by atoms with Gasteiger partial charge in [0.05, 0.1) is 6.07 Å². The van der Waals surface area contributed by atoms with E-state index in [1.54, 1.807) is 18.2 Å². The van der Waals surface area contributed by atoms with E-state index in [0.717, 1.165) is 5.69 Å². The van der Waals surface area contributed by atoms with Crippen molar-refractivity contribution in [2.24, 2.45) is 0 Å². The molecule has 9 heavy (non-hydrogen) atoms. The minimum Gasteiger partial charge on any atom is -0.503 e. The molecule has 0 saturated carbocycles. The third-order valence-corrected chi connectivity index (χ3v) is 1.14. The second kappa shape index (κ2) is 2.05. The highest BCUT2D eigenvalue weighted by Crippen LogP contribution is 2.18. The summed E-state index contributed by atoms with van der Waals surface area (Å²) in [6.07, 6.45) is 0. The number of phenols is 1. The second-order valence-corrected chi connectivity index (χ2v) is 1.96. The normalized spacial score (nSPS) is 9.56. The summed E-state index contributed by atoms with van der Waals surface area (Å²) in [4.78, 5) is 0. The molecular weight excluding hydrogens is 116 g/mol. The Bertz CT molecular complexity index is 222. The van der Waals surface area contributed by atoms with Crippen LogP contribution in [-0.4, -0.2) is 5.11 Å². The second-order valence-electron chi connectivity index (χ2n) is 1.96. The topological polar surface area (TPSA) is 75.5 Å². The van der Waals surface area contributed by atoms with Crippen molar-refractivity contribution in [2.75, 3.05) is 0 Å². The molecule has 48 valence electrons. The van der Waals surface area contributed by atoms with Crippen LogP contribution in [0.3, 0.4) is 0 Å². The maximum absolute atomic E-state index is 8.95. The highest BCUT2D eigenvalue weighted by molar-refractivity contribution is 5.50. The Balaban J connectivity index is 3.17. The van der Waals surface area contributed by atoms with Crippen LogP contribution >= 0.6 is 0 Å². The van der Waals surface area contributed by atoms with Crippen molar-refractivity contribution in [1.82, 2.24) is 0 Å².